The smallest absolute Gasteiger partial charge is 0.287 e. The van der Waals surface area contributed by atoms with Crippen LogP contribution in [0.25, 0.3) is 0 Å². The van der Waals surface area contributed by atoms with E-state index in [-0.39, 0.29) is 13.2 Å². The first-order valence-corrected chi connectivity index (χ1v) is 4.90. The molecule has 0 aromatic heterocycles. The van der Waals surface area contributed by atoms with E-state index in [0.717, 1.165) is 6.08 Å². The highest BCUT2D eigenvalue weighted by molar-refractivity contribution is 5.90. The predicted molar refractivity (Wildman–Crippen MR) is 59.7 cm³/mol. The van der Waals surface area contributed by atoms with Gasteiger partial charge in [-0.3, -0.25) is 9.69 Å². The Morgan fingerprint density at radius 1 is 1.38 bits per heavy atom. The second kappa shape index (κ2) is 5.83. The highest BCUT2D eigenvalue weighted by Crippen LogP contribution is 2.13. The van der Waals surface area contributed by atoms with Crippen molar-refractivity contribution in [2.45, 2.75) is 12.6 Å². The van der Waals surface area contributed by atoms with Crippen molar-refractivity contribution in [3.05, 3.63) is 11.8 Å². The monoisotopic (exact) mass is 232 g/mol. The Balaban J connectivity index is 4.78. The number of aliphatic hydroxyl groups excluding tert-OH is 2. The van der Waals surface area contributed by atoms with Gasteiger partial charge in [0.25, 0.3) is 5.91 Å². The third-order valence-corrected chi connectivity index (χ3v) is 2.24. The van der Waals surface area contributed by atoms with Crippen LogP contribution in [0.2, 0.25) is 0 Å². The quantitative estimate of drug-likeness (QED) is 0.327. The van der Waals surface area contributed by atoms with Gasteiger partial charge >= 0.3 is 0 Å². The number of aliphatic hydroxyl groups is 3. The molecule has 0 aliphatic heterocycles. The molecule has 16 heavy (non-hydrogen) atoms. The molecule has 0 aromatic rings. The Labute approximate surface area is 95.4 Å². The van der Waals surface area contributed by atoms with Crippen LogP contribution in [-0.2, 0) is 4.79 Å². The van der Waals surface area contributed by atoms with Gasteiger partial charge in [0.05, 0.1) is 6.61 Å². The summed E-state index contributed by atoms with van der Waals surface area (Å²) in [4.78, 5) is 13.9. The number of hydrogen-bond donors (Lipinski definition) is 3. The summed E-state index contributed by atoms with van der Waals surface area (Å²) in [6.07, 6.45) is 1.05. The fourth-order valence-electron chi connectivity index (χ4n) is 1.04. The summed E-state index contributed by atoms with van der Waals surface area (Å²) in [5, 5.41) is 28.1. The maximum atomic E-state index is 11.3. The molecule has 1 unspecified atom stereocenters. The average Bonchev–Trinajstić information content (AvgIpc) is 2.16. The maximum Gasteiger partial charge on any atom is 0.287 e. The van der Waals surface area contributed by atoms with Crippen molar-refractivity contribution in [1.82, 2.24) is 9.80 Å². The Bertz CT molecular complexity index is 274. The Kier molecular flexibility index (Phi) is 5.43. The molecule has 0 saturated carbocycles. The number of rotatable bonds is 5. The summed E-state index contributed by atoms with van der Waals surface area (Å²) in [5.74, 6) is -1.11. The van der Waals surface area contributed by atoms with Crippen LogP contribution in [0.3, 0.4) is 0 Å². The number of likely N-dealkylation sites (N-methyl/N-ethyl adjacent to an activating group) is 2. The van der Waals surface area contributed by atoms with Crippen LogP contribution in [0.1, 0.15) is 6.92 Å². The van der Waals surface area contributed by atoms with Gasteiger partial charge < -0.3 is 20.2 Å². The zero-order valence-electron chi connectivity index (χ0n) is 10.1. The molecule has 6 heteroatoms. The second-order valence-corrected chi connectivity index (χ2v) is 3.97. The lowest BCUT2D eigenvalue weighted by molar-refractivity contribution is -0.128. The Morgan fingerprint density at radius 2 is 1.88 bits per heavy atom. The van der Waals surface area contributed by atoms with Crippen molar-refractivity contribution in [3.8, 4) is 0 Å². The molecule has 0 saturated heterocycles. The molecule has 0 aliphatic carbocycles. The van der Waals surface area contributed by atoms with E-state index in [1.165, 1.54) is 30.8 Å². The van der Waals surface area contributed by atoms with E-state index in [9.17, 15) is 15.0 Å². The first kappa shape index (κ1) is 14.9. The summed E-state index contributed by atoms with van der Waals surface area (Å²) in [7, 11) is 4.57. The minimum absolute atomic E-state index is 0.122. The molecule has 0 heterocycles. The van der Waals surface area contributed by atoms with Gasteiger partial charge in [0.1, 0.15) is 5.72 Å². The van der Waals surface area contributed by atoms with Gasteiger partial charge in [0, 0.05) is 26.7 Å². The van der Waals surface area contributed by atoms with Crippen LogP contribution in [0, 0.1) is 0 Å². The molecular weight excluding hydrogens is 212 g/mol. The molecule has 0 spiro atoms. The van der Waals surface area contributed by atoms with Gasteiger partial charge in [-0.1, -0.05) is 0 Å². The van der Waals surface area contributed by atoms with Gasteiger partial charge in [0.15, 0.2) is 5.76 Å². The third-order valence-electron chi connectivity index (χ3n) is 2.24. The standard InChI is InChI=1S/C10H20N2O4/c1-10(16,12(4)5-6-13)7-8(14)9(15)11(2)3/h7,13-14,16H,5-6H2,1-4H3/b8-7-. The van der Waals surface area contributed by atoms with Crippen molar-refractivity contribution >= 4 is 5.91 Å². The van der Waals surface area contributed by atoms with Gasteiger partial charge in [0.2, 0.25) is 0 Å². The lowest BCUT2D eigenvalue weighted by Gasteiger charge is -2.30. The van der Waals surface area contributed by atoms with Crippen LogP contribution in [0.15, 0.2) is 11.8 Å². The highest BCUT2D eigenvalue weighted by Gasteiger charge is 2.25. The summed E-state index contributed by atoms with van der Waals surface area (Å²) in [5.41, 5.74) is -1.49. The number of nitrogens with zero attached hydrogens (tertiary/aromatic N) is 2. The van der Waals surface area contributed by atoms with E-state index in [2.05, 4.69) is 0 Å². The number of carbonyl (C=O) groups is 1. The predicted octanol–water partition coefficient (Wildman–Crippen LogP) is -0.851. The summed E-state index contributed by atoms with van der Waals surface area (Å²) in [6.45, 7) is 1.53. The molecule has 3 N–H and O–H groups in total. The van der Waals surface area contributed by atoms with Crippen molar-refractivity contribution in [1.29, 1.82) is 0 Å². The van der Waals surface area contributed by atoms with Crippen LogP contribution in [0.5, 0.6) is 0 Å². The Hall–Kier alpha value is -1.11. The van der Waals surface area contributed by atoms with Gasteiger partial charge in [-0.05, 0) is 14.0 Å². The van der Waals surface area contributed by atoms with Gasteiger partial charge in [-0.15, -0.1) is 0 Å². The van der Waals surface area contributed by atoms with Crippen molar-refractivity contribution < 1.29 is 20.1 Å². The molecule has 1 atom stereocenters. The topological polar surface area (TPSA) is 84.2 Å². The summed E-state index contributed by atoms with van der Waals surface area (Å²) in [6, 6.07) is 0. The maximum absolute atomic E-state index is 11.3. The first-order valence-electron chi connectivity index (χ1n) is 4.90. The lowest BCUT2D eigenvalue weighted by atomic mass is 10.2. The van der Waals surface area contributed by atoms with E-state index in [4.69, 9.17) is 5.11 Å². The molecule has 94 valence electrons. The molecule has 0 bridgehead atoms. The van der Waals surface area contributed by atoms with E-state index in [1.807, 2.05) is 0 Å². The normalized spacial score (nSPS) is 16.1. The Morgan fingerprint density at radius 3 is 2.25 bits per heavy atom. The fourth-order valence-corrected chi connectivity index (χ4v) is 1.04. The lowest BCUT2D eigenvalue weighted by Crippen LogP contribution is -2.44. The summed E-state index contributed by atoms with van der Waals surface area (Å²) >= 11 is 0. The molecule has 0 radical (unpaired) electrons. The molecule has 0 aromatic carbocycles. The molecular formula is C10H20N2O4. The number of carbonyl (C=O) groups excluding carboxylic acids is 1. The number of hydrogen-bond acceptors (Lipinski definition) is 5. The molecule has 6 nitrogen and oxygen atoms in total. The van der Waals surface area contributed by atoms with Crippen molar-refractivity contribution in [3.63, 3.8) is 0 Å². The van der Waals surface area contributed by atoms with E-state index in [0.29, 0.717) is 0 Å². The minimum atomic E-state index is -1.49. The van der Waals surface area contributed by atoms with Crippen LogP contribution in [-0.4, -0.2) is 71.0 Å². The zero-order chi connectivity index (χ0) is 12.9. The molecule has 0 fully saturated rings. The fraction of sp³-hybridized carbons (Fsp3) is 0.700. The molecule has 0 rings (SSSR count). The van der Waals surface area contributed by atoms with Gasteiger partial charge in [-0.25, -0.2) is 0 Å². The molecule has 1 amide bonds. The third kappa shape index (κ3) is 4.18. The van der Waals surface area contributed by atoms with Crippen molar-refractivity contribution in [2.75, 3.05) is 34.3 Å². The van der Waals surface area contributed by atoms with E-state index >= 15 is 0 Å². The minimum Gasteiger partial charge on any atom is -0.503 e. The van der Waals surface area contributed by atoms with E-state index < -0.39 is 17.4 Å². The SMILES string of the molecule is CN(C)C(=O)/C(O)=C/C(C)(O)N(C)CCO. The largest absolute Gasteiger partial charge is 0.503 e. The number of amides is 1. The average molecular weight is 232 g/mol. The van der Waals surface area contributed by atoms with Crippen molar-refractivity contribution in [2.24, 2.45) is 0 Å². The van der Waals surface area contributed by atoms with E-state index in [1.54, 1.807) is 7.05 Å². The van der Waals surface area contributed by atoms with Gasteiger partial charge in [-0.2, -0.15) is 0 Å². The summed E-state index contributed by atoms with van der Waals surface area (Å²) < 4.78 is 0. The molecule has 0 aliphatic rings. The van der Waals surface area contributed by atoms with Crippen LogP contribution >= 0.6 is 0 Å². The highest BCUT2D eigenvalue weighted by atomic mass is 16.3. The zero-order valence-corrected chi connectivity index (χ0v) is 10.1. The van der Waals surface area contributed by atoms with Crippen LogP contribution in [0.4, 0.5) is 0 Å². The first-order chi connectivity index (χ1) is 7.22. The second-order valence-electron chi connectivity index (χ2n) is 3.97. The van der Waals surface area contributed by atoms with Crippen LogP contribution < -0.4 is 0 Å².